The molecule has 0 saturated carbocycles. The second-order valence-electron chi connectivity index (χ2n) is 4.66. The molecular weight excluding hydrogens is 202 g/mol. The molecule has 1 aromatic rings. The number of carbonyl (C=O) groups is 1. The van der Waals surface area contributed by atoms with Crippen LogP contribution in [0, 0.1) is 0 Å². The molecule has 86 valence electrons. The summed E-state index contributed by atoms with van der Waals surface area (Å²) in [5, 5.41) is 11.5. The Hall–Kier alpha value is -1.51. The van der Waals surface area contributed by atoms with Gasteiger partial charge in [-0.15, -0.1) is 0 Å². The Kier molecular flexibility index (Phi) is 2.13. The second kappa shape index (κ2) is 3.51. The van der Waals surface area contributed by atoms with Crippen LogP contribution in [0.1, 0.15) is 36.5 Å². The summed E-state index contributed by atoms with van der Waals surface area (Å²) in [5.74, 6) is 0. The third-order valence-corrected chi connectivity index (χ3v) is 3.70. The van der Waals surface area contributed by atoms with Gasteiger partial charge in [-0.25, -0.2) is 4.79 Å². The van der Waals surface area contributed by atoms with Gasteiger partial charge in [0.25, 0.3) is 0 Å². The number of amides is 1. The van der Waals surface area contributed by atoms with E-state index < -0.39 is 6.09 Å². The molecule has 0 atom stereocenters. The zero-order valence-electron chi connectivity index (χ0n) is 9.18. The predicted octanol–water partition coefficient (Wildman–Crippen LogP) is 3.00. The van der Waals surface area contributed by atoms with Gasteiger partial charge in [0.2, 0.25) is 0 Å². The molecule has 0 bridgehead atoms. The summed E-state index contributed by atoms with van der Waals surface area (Å²) in [4.78, 5) is 10.9. The zero-order chi connectivity index (χ0) is 11.1. The molecule has 2 N–H and O–H groups in total. The number of nitrogens with one attached hydrogen (secondary N) is 1. The maximum absolute atomic E-state index is 10.9. The highest BCUT2D eigenvalue weighted by atomic mass is 16.4. The van der Waals surface area contributed by atoms with Crippen LogP contribution in [0.4, 0.5) is 10.5 Å². The molecule has 0 aromatic heterocycles. The summed E-state index contributed by atoms with van der Waals surface area (Å²) in [6.45, 7) is 0. The van der Waals surface area contributed by atoms with Crippen molar-refractivity contribution in [1.82, 2.24) is 0 Å². The monoisotopic (exact) mass is 219 g/mol. The van der Waals surface area contributed by atoms with Crippen LogP contribution >= 0.6 is 0 Å². The minimum atomic E-state index is -0.936. The Morgan fingerprint density at radius 2 is 1.69 bits per heavy atom. The molecule has 2 aliphatic carbocycles. The van der Waals surface area contributed by atoms with Crippen molar-refractivity contribution in [2.24, 2.45) is 0 Å². The first kappa shape index (κ1) is 9.70. The number of rotatable bonds is 1. The van der Waals surface area contributed by atoms with E-state index in [0.29, 0.717) is 0 Å². The van der Waals surface area contributed by atoms with E-state index in [1.165, 1.54) is 22.3 Å². The molecule has 0 saturated heterocycles. The average Bonchev–Trinajstić information content (AvgIpc) is 2.83. The molecule has 3 nitrogen and oxygen atoms in total. The van der Waals surface area contributed by atoms with Gasteiger partial charge in [-0.05, 0) is 60.8 Å². The fraction of sp³-hybridized carbons (Fsp3) is 0.462. The number of hydrogen-bond donors (Lipinski definition) is 2. The van der Waals surface area contributed by atoms with E-state index in [1.807, 2.05) is 0 Å². The quantitative estimate of drug-likeness (QED) is 0.762. The van der Waals surface area contributed by atoms with Gasteiger partial charge in [0.05, 0.1) is 5.69 Å². The lowest BCUT2D eigenvalue weighted by atomic mass is 9.99. The van der Waals surface area contributed by atoms with Gasteiger partial charge < -0.3 is 5.11 Å². The van der Waals surface area contributed by atoms with Crippen LogP contribution in [0.3, 0.4) is 0 Å². The normalized spacial score (nSPS) is 17.0. The Labute approximate surface area is 96.0 Å². The second-order valence-corrected chi connectivity index (χ2v) is 4.66. The van der Waals surface area contributed by atoms with E-state index in [9.17, 15) is 4.79 Å². The minimum Gasteiger partial charge on any atom is -0.465 e. The first-order valence-corrected chi connectivity index (χ1v) is 5.92. The topological polar surface area (TPSA) is 49.3 Å². The smallest absolute Gasteiger partial charge is 0.409 e. The Morgan fingerprint density at radius 3 is 2.19 bits per heavy atom. The highest BCUT2D eigenvalue weighted by molar-refractivity contribution is 5.86. The maximum Gasteiger partial charge on any atom is 0.409 e. The molecule has 0 spiro atoms. The van der Waals surface area contributed by atoms with Crippen LogP contribution in [0.25, 0.3) is 0 Å². The van der Waals surface area contributed by atoms with Crippen LogP contribution in [0.2, 0.25) is 0 Å². The summed E-state index contributed by atoms with van der Waals surface area (Å²) < 4.78 is 0. The number of benzene rings is 1. The van der Waals surface area contributed by atoms with Crippen molar-refractivity contribution in [3.63, 3.8) is 0 Å². The highest BCUT2D eigenvalue weighted by Gasteiger charge is 2.24. The van der Waals surface area contributed by atoms with Gasteiger partial charge in [-0.2, -0.15) is 0 Å². The van der Waals surface area contributed by atoms with Crippen molar-refractivity contribution in [3.8, 4) is 0 Å². The molecule has 0 radical (unpaired) electrons. The summed E-state index contributed by atoms with van der Waals surface area (Å²) in [6, 6.07) is 2.30. The fourth-order valence-corrected chi connectivity index (χ4v) is 3.07. The van der Waals surface area contributed by atoms with E-state index >= 15 is 0 Å². The summed E-state index contributed by atoms with van der Waals surface area (Å²) in [5.41, 5.74) is 6.15. The van der Waals surface area contributed by atoms with Crippen molar-refractivity contribution in [2.45, 2.75) is 38.5 Å². The summed E-state index contributed by atoms with van der Waals surface area (Å²) in [6.07, 6.45) is 5.65. The predicted molar refractivity (Wildman–Crippen MR) is 64.3 cm³/mol. The van der Waals surface area contributed by atoms with Gasteiger partial charge in [0.1, 0.15) is 0 Å². The van der Waals surface area contributed by atoms with Crippen LogP contribution in [-0.4, -0.2) is 11.2 Å². The van der Waals surface area contributed by atoms with Crippen molar-refractivity contribution in [3.05, 3.63) is 28.3 Å². The van der Waals surface area contributed by atoms with Crippen LogP contribution in [0.5, 0.6) is 0 Å². The molecule has 0 fully saturated rings. The van der Waals surface area contributed by atoms with Crippen molar-refractivity contribution >= 4 is 11.8 Å². The SMILES string of the molecule is O=C(O)Nc1c2c(cc3c1CCC3)CCC2.[HH]. The summed E-state index contributed by atoms with van der Waals surface area (Å²) >= 11 is 0. The van der Waals surface area contributed by atoms with Gasteiger partial charge in [-0.1, -0.05) is 6.07 Å². The van der Waals surface area contributed by atoms with Crippen LogP contribution in [-0.2, 0) is 25.7 Å². The molecule has 1 amide bonds. The highest BCUT2D eigenvalue weighted by Crippen LogP contribution is 2.38. The number of carboxylic acid groups (broad SMARTS) is 1. The molecule has 3 heteroatoms. The van der Waals surface area contributed by atoms with Crippen molar-refractivity contribution < 1.29 is 11.3 Å². The molecule has 0 heterocycles. The molecule has 3 rings (SSSR count). The molecule has 16 heavy (non-hydrogen) atoms. The van der Waals surface area contributed by atoms with Gasteiger partial charge in [0, 0.05) is 1.43 Å². The molecule has 0 unspecified atom stereocenters. The van der Waals surface area contributed by atoms with E-state index in [-0.39, 0.29) is 1.43 Å². The molecule has 0 aliphatic heterocycles. The summed E-state index contributed by atoms with van der Waals surface area (Å²) in [7, 11) is 0. The Bertz CT molecular complexity index is 439. The zero-order valence-corrected chi connectivity index (χ0v) is 9.18. The van der Waals surface area contributed by atoms with Gasteiger partial charge >= 0.3 is 6.09 Å². The number of anilines is 1. The van der Waals surface area contributed by atoms with E-state index in [0.717, 1.165) is 44.2 Å². The third-order valence-electron chi connectivity index (χ3n) is 3.70. The standard InChI is InChI=1S/C13H15NO2.H2/c15-13(16)14-12-10-5-1-3-8(10)7-9-4-2-6-11(9)12;/h7,14H,1-6H2,(H,15,16);1H. The maximum atomic E-state index is 10.9. The lowest BCUT2D eigenvalue weighted by Gasteiger charge is -2.14. The average molecular weight is 219 g/mol. The van der Waals surface area contributed by atoms with E-state index in [4.69, 9.17) is 5.11 Å². The van der Waals surface area contributed by atoms with Crippen LogP contribution < -0.4 is 5.32 Å². The first-order valence-electron chi connectivity index (χ1n) is 5.92. The molecular formula is C13H17NO2. The molecule has 2 aliphatic rings. The Balaban J connectivity index is 0.00000108. The largest absolute Gasteiger partial charge is 0.465 e. The number of fused-ring (bicyclic) bond motifs is 2. The Morgan fingerprint density at radius 1 is 1.12 bits per heavy atom. The lowest BCUT2D eigenvalue weighted by Crippen LogP contribution is -2.12. The van der Waals surface area contributed by atoms with Crippen LogP contribution in [0.15, 0.2) is 6.07 Å². The van der Waals surface area contributed by atoms with E-state index in [2.05, 4.69) is 11.4 Å². The fourth-order valence-electron chi connectivity index (χ4n) is 3.07. The molecule has 1 aromatic carbocycles. The minimum absolute atomic E-state index is 0. The first-order chi connectivity index (χ1) is 7.75. The van der Waals surface area contributed by atoms with E-state index in [1.54, 1.807) is 0 Å². The third kappa shape index (κ3) is 1.39. The lowest BCUT2D eigenvalue weighted by molar-refractivity contribution is 0.209. The van der Waals surface area contributed by atoms with Gasteiger partial charge in [-0.3, -0.25) is 5.32 Å². The van der Waals surface area contributed by atoms with Gasteiger partial charge in [0.15, 0.2) is 0 Å². The number of hydrogen-bond acceptors (Lipinski definition) is 1. The van der Waals surface area contributed by atoms with Crippen molar-refractivity contribution in [2.75, 3.05) is 5.32 Å². The van der Waals surface area contributed by atoms with Crippen molar-refractivity contribution in [1.29, 1.82) is 0 Å². The number of aryl methyl sites for hydroxylation is 2.